The van der Waals surface area contributed by atoms with Crippen molar-refractivity contribution >= 4 is 6.01 Å². The Balaban J connectivity index is 2.05. The summed E-state index contributed by atoms with van der Waals surface area (Å²) in [6.45, 7) is 2.21. The molecule has 0 amide bonds. The molecule has 0 spiro atoms. The lowest BCUT2D eigenvalue weighted by atomic mass is 10.2. The first-order chi connectivity index (χ1) is 7.79. The van der Waals surface area contributed by atoms with Gasteiger partial charge in [-0.1, -0.05) is 11.2 Å². The van der Waals surface area contributed by atoms with Crippen LogP contribution in [-0.4, -0.2) is 15.2 Å². The highest BCUT2D eigenvalue weighted by atomic mass is 16.4. The summed E-state index contributed by atoms with van der Waals surface area (Å²) in [7, 11) is 0. The van der Waals surface area contributed by atoms with E-state index in [1.165, 1.54) is 0 Å². The first-order valence-corrected chi connectivity index (χ1v) is 4.99. The minimum Gasteiger partial charge on any atom is -0.407 e. The fourth-order valence-electron chi connectivity index (χ4n) is 1.29. The van der Waals surface area contributed by atoms with Gasteiger partial charge in [0.25, 0.3) is 0 Å². The van der Waals surface area contributed by atoms with Gasteiger partial charge in [-0.05, 0) is 19.1 Å². The van der Waals surface area contributed by atoms with Crippen LogP contribution in [0.3, 0.4) is 0 Å². The van der Waals surface area contributed by atoms with Gasteiger partial charge in [-0.25, -0.2) is 0 Å². The standard InChI is InChI=1S/C10H13N5O/c1-7(8-4-2-3-5-12-8)13-10-15-14-9(6-11)16-10/h2-5,7H,6,11H2,1H3,(H,13,15). The lowest BCUT2D eigenvalue weighted by Crippen LogP contribution is -2.08. The maximum Gasteiger partial charge on any atom is 0.316 e. The number of nitrogens with one attached hydrogen (secondary N) is 1. The summed E-state index contributed by atoms with van der Waals surface area (Å²) in [4.78, 5) is 4.22. The molecule has 2 aromatic rings. The zero-order chi connectivity index (χ0) is 11.4. The first-order valence-electron chi connectivity index (χ1n) is 4.99. The van der Waals surface area contributed by atoms with Crippen LogP contribution >= 0.6 is 0 Å². The van der Waals surface area contributed by atoms with E-state index < -0.39 is 0 Å². The minimum absolute atomic E-state index is 0.00674. The predicted molar refractivity (Wildman–Crippen MR) is 58.5 cm³/mol. The molecule has 2 rings (SSSR count). The Labute approximate surface area is 92.9 Å². The fraction of sp³-hybridized carbons (Fsp3) is 0.300. The van der Waals surface area contributed by atoms with E-state index in [-0.39, 0.29) is 12.6 Å². The van der Waals surface area contributed by atoms with Crippen LogP contribution in [0.15, 0.2) is 28.8 Å². The minimum atomic E-state index is 0.00674. The van der Waals surface area contributed by atoms with Crippen LogP contribution in [0.4, 0.5) is 6.01 Å². The number of rotatable bonds is 4. The highest BCUT2D eigenvalue weighted by molar-refractivity contribution is 5.24. The van der Waals surface area contributed by atoms with Gasteiger partial charge in [0.15, 0.2) is 0 Å². The number of hydrogen-bond acceptors (Lipinski definition) is 6. The number of nitrogens with two attached hydrogens (primary N) is 1. The van der Waals surface area contributed by atoms with E-state index >= 15 is 0 Å². The van der Waals surface area contributed by atoms with Crippen molar-refractivity contribution < 1.29 is 4.42 Å². The van der Waals surface area contributed by atoms with Crippen molar-refractivity contribution in [3.8, 4) is 0 Å². The summed E-state index contributed by atoms with van der Waals surface area (Å²) in [5.41, 5.74) is 6.28. The second kappa shape index (κ2) is 4.71. The molecule has 0 saturated heterocycles. The zero-order valence-corrected chi connectivity index (χ0v) is 8.92. The summed E-state index contributed by atoms with van der Waals surface area (Å²) >= 11 is 0. The van der Waals surface area contributed by atoms with E-state index in [4.69, 9.17) is 10.2 Å². The molecule has 16 heavy (non-hydrogen) atoms. The number of pyridine rings is 1. The van der Waals surface area contributed by atoms with Gasteiger partial charge in [-0.15, -0.1) is 5.10 Å². The maximum atomic E-state index is 5.37. The molecular weight excluding hydrogens is 206 g/mol. The van der Waals surface area contributed by atoms with Gasteiger partial charge in [0.1, 0.15) is 0 Å². The molecule has 0 aliphatic carbocycles. The van der Waals surface area contributed by atoms with Crippen molar-refractivity contribution in [2.24, 2.45) is 5.73 Å². The third kappa shape index (κ3) is 2.34. The summed E-state index contributed by atoms with van der Waals surface area (Å²) in [5.74, 6) is 0.413. The predicted octanol–water partition coefficient (Wildman–Crippen LogP) is 1.10. The normalized spacial score (nSPS) is 12.4. The van der Waals surface area contributed by atoms with E-state index in [1.807, 2.05) is 25.1 Å². The average molecular weight is 219 g/mol. The number of aromatic nitrogens is 3. The Morgan fingerprint density at radius 2 is 2.31 bits per heavy atom. The molecule has 1 atom stereocenters. The molecule has 0 aliphatic heterocycles. The van der Waals surface area contributed by atoms with Crippen LogP contribution in [-0.2, 0) is 6.54 Å². The Kier molecular flexibility index (Phi) is 3.11. The Bertz CT molecular complexity index is 441. The lowest BCUT2D eigenvalue weighted by Gasteiger charge is -2.10. The summed E-state index contributed by atoms with van der Waals surface area (Å²) < 4.78 is 5.24. The molecule has 0 saturated carbocycles. The van der Waals surface area contributed by atoms with Crippen molar-refractivity contribution in [3.05, 3.63) is 36.0 Å². The van der Waals surface area contributed by atoms with E-state index in [9.17, 15) is 0 Å². The van der Waals surface area contributed by atoms with Crippen LogP contribution in [0, 0.1) is 0 Å². The number of anilines is 1. The van der Waals surface area contributed by atoms with E-state index in [1.54, 1.807) is 6.20 Å². The molecule has 0 radical (unpaired) electrons. The van der Waals surface area contributed by atoms with E-state index in [0.717, 1.165) is 5.69 Å². The smallest absolute Gasteiger partial charge is 0.316 e. The van der Waals surface area contributed by atoms with Gasteiger partial charge in [-0.3, -0.25) is 4.98 Å². The van der Waals surface area contributed by atoms with E-state index in [0.29, 0.717) is 11.9 Å². The molecule has 2 aromatic heterocycles. The fourth-order valence-corrected chi connectivity index (χ4v) is 1.29. The van der Waals surface area contributed by atoms with Gasteiger partial charge in [-0.2, -0.15) is 0 Å². The van der Waals surface area contributed by atoms with Gasteiger partial charge in [0.05, 0.1) is 18.3 Å². The Hall–Kier alpha value is -1.95. The van der Waals surface area contributed by atoms with Gasteiger partial charge in [0, 0.05) is 6.20 Å². The van der Waals surface area contributed by atoms with E-state index in [2.05, 4.69) is 20.5 Å². The third-order valence-corrected chi connectivity index (χ3v) is 2.11. The van der Waals surface area contributed by atoms with Gasteiger partial charge < -0.3 is 15.5 Å². The first kappa shape index (κ1) is 10.6. The van der Waals surface area contributed by atoms with Crippen molar-refractivity contribution in [3.63, 3.8) is 0 Å². The average Bonchev–Trinajstić information content (AvgIpc) is 2.78. The van der Waals surface area contributed by atoms with Gasteiger partial charge in [0.2, 0.25) is 5.89 Å². The molecule has 0 bridgehead atoms. The third-order valence-electron chi connectivity index (χ3n) is 2.11. The van der Waals surface area contributed by atoms with Crippen LogP contribution in [0.2, 0.25) is 0 Å². The van der Waals surface area contributed by atoms with Crippen LogP contribution in [0.1, 0.15) is 24.6 Å². The monoisotopic (exact) mass is 219 g/mol. The highest BCUT2D eigenvalue weighted by Crippen LogP contribution is 2.15. The molecule has 0 aliphatic rings. The summed E-state index contributed by atoms with van der Waals surface area (Å²) in [5, 5.41) is 10.6. The molecule has 0 fully saturated rings. The molecular formula is C10H13N5O. The zero-order valence-electron chi connectivity index (χ0n) is 8.92. The number of nitrogens with zero attached hydrogens (tertiary/aromatic N) is 3. The quantitative estimate of drug-likeness (QED) is 0.800. The lowest BCUT2D eigenvalue weighted by molar-refractivity contribution is 0.502. The van der Waals surface area contributed by atoms with Crippen molar-refractivity contribution in [2.45, 2.75) is 19.5 Å². The molecule has 3 N–H and O–H groups in total. The summed E-state index contributed by atoms with van der Waals surface area (Å²) in [6.07, 6.45) is 1.74. The van der Waals surface area contributed by atoms with Crippen LogP contribution in [0.25, 0.3) is 0 Å². The molecule has 6 nitrogen and oxygen atoms in total. The largest absolute Gasteiger partial charge is 0.407 e. The SMILES string of the molecule is CC(Nc1nnc(CN)o1)c1ccccn1. The van der Waals surface area contributed by atoms with Crippen molar-refractivity contribution in [2.75, 3.05) is 5.32 Å². The molecule has 6 heteroatoms. The molecule has 1 unspecified atom stereocenters. The molecule has 84 valence electrons. The number of hydrogen-bond donors (Lipinski definition) is 2. The highest BCUT2D eigenvalue weighted by Gasteiger charge is 2.10. The van der Waals surface area contributed by atoms with Crippen molar-refractivity contribution in [1.29, 1.82) is 0 Å². The van der Waals surface area contributed by atoms with Gasteiger partial charge >= 0.3 is 6.01 Å². The summed E-state index contributed by atoms with van der Waals surface area (Å²) in [6, 6.07) is 6.10. The van der Waals surface area contributed by atoms with Crippen LogP contribution < -0.4 is 11.1 Å². The molecule has 0 aromatic carbocycles. The Morgan fingerprint density at radius 1 is 1.44 bits per heavy atom. The van der Waals surface area contributed by atoms with Crippen LogP contribution in [0.5, 0.6) is 0 Å². The second-order valence-corrected chi connectivity index (χ2v) is 3.33. The maximum absolute atomic E-state index is 5.37. The van der Waals surface area contributed by atoms with Crippen molar-refractivity contribution in [1.82, 2.24) is 15.2 Å². The molecule has 2 heterocycles. The topological polar surface area (TPSA) is 89.9 Å². The Morgan fingerprint density at radius 3 is 2.94 bits per heavy atom. The second-order valence-electron chi connectivity index (χ2n) is 3.33.